The zero-order valence-corrected chi connectivity index (χ0v) is 9.39. The fraction of sp³-hybridized carbons (Fsp3) is 0.364. The molecule has 0 radical (unpaired) electrons. The molecule has 0 heterocycles. The van der Waals surface area contributed by atoms with E-state index < -0.39 is 16.2 Å². The van der Waals surface area contributed by atoms with Crippen LogP contribution < -0.4 is 4.74 Å². The zero-order chi connectivity index (χ0) is 12.3. The topological polar surface area (TPSA) is 69.4 Å². The molecule has 0 saturated heterocycles. The molecule has 5 heteroatoms. The van der Waals surface area contributed by atoms with E-state index in [0.717, 1.165) is 0 Å². The highest BCUT2D eigenvalue weighted by atomic mass is 16.6. The summed E-state index contributed by atoms with van der Waals surface area (Å²) in [5.41, 5.74) is -1.29. The van der Waals surface area contributed by atoms with Crippen molar-refractivity contribution in [2.75, 3.05) is 7.11 Å². The second kappa shape index (κ2) is 4.30. The molecule has 1 aromatic rings. The van der Waals surface area contributed by atoms with Crippen LogP contribution in [0.5, 0.6) is 5.75 Å². The lowest BCUT2D eigenvalue weighted by Crippen LogP contribution is -2.40. The molecule has 0 amide bonds. The molecular formula is C11H13NO4. The average Bonchev–Trinajstić information content (AvgIpc) is 2.28. The Morgan fingerprint density at radius 2 is 1.81 bits per heavy atom. The van der Waals surface area contributed by atoms with Crippen molar-refractivity contribution in [2.24, 2.45) is 0 Å². The predicted molar refractivity (Wildman–Crippen MR) is 58.4 cm³/mol. The Kier molecular flexibility index (Phi) is 3.27. The van der Waals surface area contributed by atoms with Crippen LogP contribution in [0.1, 0.15) is 24.2 Å². The summed E-state index contributed by atoms with van der Waals surface area (Å²) in [6.45, 7) is 2.58. The Bertz CT molecular complexity index is 408. The second-order valence-electron chi connectivity index (χ2n) is 3.87. The molecule has 0 atom stereocenters. The predicted octanol–water partition coefficient (Wildman–Crippen LogP) is 1.93. The van der Waals surface area contributed by atoms with Crippen LogP contribution in [-0.2, 0) is 0 Å². The van der Waals surface area contributed by atoms with Gasteiger partial charge in [0.1, 0.15) is 5.75 Å². The number of hydrogen-bond donors (Lipinski definition) is 0. The molecule has 0 unspecified atom stereocenters. The SMILES string of the molecule is COc1ccc(C(=O)C(C)(C)[N+](=O)[O-])cc1. The molecule has 86 valence electrons. The van der Waals surface area contributed by atoms with Crippen molar-refractivity contribution in [3.8, 4) is 5.75 Å². The normalized spacial score (nSPS) is 10.9. The molecule has 5 nitrogen and oxygen atoms in total. The van der Waals surface area contributed by atoms with Gasteiger partial charge in [0, 0.05) is 24.3 Å². The number of carbonyl (C=O) groups is 1. The molecule has 1 rings (SSSR count). The molecule has 0 spiro atoms. The fourth-order valence-corrected chi connectivity index (χ4v) is 1.18. The summed E-state index contributed by atoms with van der Waals surface area (Å²) in [6.07, 6.45) is 0. The van der Waals surface area contributed by atoms with Crippen LogP contribution in [0.25, 0.3) is 0 Å². The van der Waals surface area contributed by atoms with Gasteiger partial charge >= 0.3 is 0 Å². The van der Waals surface area contributed by atoms with Crippen LogP contribution in [0, 0.1) is 10.1 Å². The fourth-order valence-electron chi connectivity index (χ4n) is 1.18. The number of benzene rings is 1. The molecule has 0 fully saturated rings. The first kappa shape index (κ1) is 12.2. The van der Waals surface area contributed by atoms with Crippen molar-refractivity contribution in [2.45, 2.75) is 19.4 Å². The highest BCUT2D eigenvalue weighted by Crippen LogP contribution is 2.18. The number of hydrogen-bond acceptors (Lipinski definition) is 4. The number of Topliss-reactive ketones (excluding diaryl/α,β-unsaturated/α-hetero) is 1. The summed E-state index contributed by atoms with van der Waals surface area (Å²) in [5.74, 6) is 0.0932. The highest BCUT2D eigenvalue weighted by molar-refractivity contribution is 6.01. The monoisotopic (exact) mass is 223 g/mol. The van der Waals surface area contributed by atoms with Gasteiger partial charge in [-0.25, -0.2) is 0 Å². The molecule has 0 aliphatic carbocycles. The first-order valence-corrected chi connectivity index (χ1v) is 4.73. The van der Waals surface area contributed by atoms with E-state index in [9.17, 15) is 14.9 Å². The van der Waals surface area contributed by atoms with Gasteiger partial charge in [-0.2, -0.15) is 0 Å². The quantitative estimate of drug-likeness (QED) is 0.444. The van der Waals surface area contributed by atoms with E-state index in [4.69, 9.17) is 4.74 Å². The van der Waals surface area contributed by atoms with Gasteiger partial charge in [-0.15, -0.1) is 0 Å². The second-order valence-corrected chi connectivity index (χ2v) is 3.87. The van der Waals surface area contributed by atoms with Gasteiger partial charge in [0.25, 0.3) is 5.54 Å². The van der Waals surface area contributed by atoms with Crippen LogP contribution >= 0.6 is 0 Å². The number of rotatable bonds is 4. The van der Waals surface area contributed by atoms with E-state index in [0.29, 0.717) is 11.3 Å². The number of nitro groups is 1. The largest absolute Gasteiger partial charge is 0.497 e. The number of methoxy groups -OCH3 is 1. The molecule has 0 aromatic heterocycles. The van der Waals surface area contributed by atoms with Gasteiger partial charge in [0.05, 0.1) is 7.11 Å². The third kappa shape index (κ3) is 2.18. The van der Waals surface area contributed by atoms with Crippen LogP contribution in [0.2, 0.25) is 0 Å². The van der Waals surface area contributed by atoms with Gasteiger partial charge < -0.3 is 4.74 Å². The Balaban J connectivity index is 3.01. The van der Waals surface area contributed by atoms with Crippen molar-refractivity contribution in [3.05, 3.63) is 39.9 Å². The van der Waals surface area contributed by atoms with Gasteiger partial charge in [-0.1, -0.05) is 0 Å². The lowest BCUT2D eigenvalue weighted by Gasteiger charge is -2.14. The average molecular weight is 223 g/mol. The van der Waals surface area contributed by atoms with Crippen molar-refractivity contribution in [1.29, 1.82) is 0 Å². The summed E-state index contributed by atoms with van der Waals surface area (Å²) in [7, 11) is 1.51. The summed E-state index contributed by atoms with van der Waals surface area (Å²) in [6, 6.07) is 6.24. The number of carbonyl (C=O) groups excluding carboxylic acids is 1. The maximum absolute atomic E-state index is 11.8. The van der Waals surface area contributed by atoms with E-state index in [2.05, 4.69) is 0 Å². The zero-order valence-electron chi connectivity index (χ0n) is 9.39. The first-order chi connectivity index (χ1) is 7.39. The van der Waals surface area contributed by atoms with E-state index in [1.54, 1.807) is 12.1 Å². The molecule has 0 N–H and O–H groups in total. The van der Waals surface area contributed by atoms with E-state index in [1.165, 1.54) is 33.1 Å². The summed E-state index contributed by atoms with van der Waals surface area (Å²) in [5, 5.41) is 10.7. The molecular weight excluding hydrogens is 210 g/mol. The van der Waals surface area contributed by atoms with Crippen LogP contribution in [0.15, 0.2) is 24.3 Å². The van der Waals surface area contributed by atoms with E-state index in [-0.39, 0.29) is 0 Å². The maximum Gasteiger partial charge on any atom is 0.278 e. The Morgan fingerprint density at radius 1 is 1.31 bits per heavy atom. The van der Waals surface area contributed by atoms with Crippen LogP contribution in [-0.4, -0.2) is 23.4 Å². The van der Waals surface area contributed by atoms with Crippen molar-refractivity contribution >= 4 is 5.78 Å². The minimum atomic E-state index is -1.60. The first-order valence-electron chi connectivity index (χ1n) is 4.73. The molecule has 0 aliphatic heterocycles. The Morgan fingerprint density at radius 3 is 2.19 bits per heavy atom. The van der Waals surface area contributed by atoms with Crippen molar-refractivity contribution in [3.63, 3.8) is 0 Å². The summed E-state index contributed by atoms with van der Waals surface area (Å²) in [4.78, 5) is 22.0. The summed E-state index contributed by atoms with van der Waals surface area (Å²) < 4.78 is 4.94. The number of ketones is 1. The third-order valence-electron chi connectivity index (χ3n) is 2.36. The Hall–Kier alpha value is -1.91. The maximum atomic E-state index is 11.8. The van der Waals surface area contributed by atoms with Crippen LogP contribution in [0.3, 0.4) is 0 Å². The van der Waals surface area contributed by atoms with E-state index >= 15 is 0 Å². The smallest absolute Gasteiger partial charge is 0.278 e. The lowest BCUT2D eigenvalue weighted by atomic mass is 9.94. The number of nitrogens with zero attached hydrogens (tertiary/aromatic N) is 1. The minimum absolute atomic E-state index is 0.308. The molecule has 1 aromatic carbocycles. The van der Waals surface area contributed by atoms with Crippen molar-refractivity contribution in [1.82, 2.24) is 0 Å². The van der Waals surface area contributed by atoms with Gasteiger partial charge in [0.15, 0.2) is 0 Å². The number of ether oxygens (including phenoxy) is 1. The minimum Gasteiger partial charge on any atom is -0.497 e. The summed E-state index contributed by atoms with van der Waals surface area (Å²) >= 11 is 0. The van der Waals surface area contributed by atoms with Gasteiger partial charge in [0.2, 0.25) is 5.78 Å². The standard InChI is InChI=1S/C11H13NO4/c1-11(2,12(14)15)10(13)8-4-6-9(16-3)7-5-8/h4-7H,1-3H3. The van der Waals surface area contributed by atoms with Gasteiger partial charge in [-0.3, -0.25) is 14.9 Å². The molecule has 0 saturated carbocycles. The molecule has 0 bridgehead atoms. The highest BCUT2D eigenvalue weighted by Gasteiger charge is 2.40. The van der Waals surface area contributed by atoms with Crippen molar-refractivity contribution < 1.29 is 14.5 Å². The van der Waals surface area contributed by atoms with E-state index in [1.807, 2.05) is 0 Å². The van der Waals surface area contributed by atoms with Gasteiger partial charge in [-0.05, 0) is 24.3 Å². The molecule has 0 aliphatic rings. The Labute approximate surface area is 93.2 Å². The third-order valence-corrected chi connectivity index (χ3v) is 2.36. The lowest BCUT2D eigenvalue weighted by molar-refractivity contribution is -0.540. The molecule has 16 heavy (non-hydrogen) atoms. The van der Waals surface area contributed by atoms with Crippen LogP contribution in [0.4, 0.5) is 0 Å².